The summed E-state index contributed by atoms with van der Waals surface area (Å²) in [6.07, 6.45) is 2.18. The molecule has 0 radical (unpaired) electrons. The van der Waals surface area contributed by atoms with Crippen LogP contribution in [0.3, 0.4) is 0 Å². The van der Waals surface area contributed by atoms with Gasteiger partial charge in [0.1, 0.15) is 5.82 Å². The number of aryl methyl sites for hydroxylation is 2. The highest BCUT2D eigenvalue weighted by Crippen LogP contribution is 2.23. The van der Waals surface area contributed by atoms with Crippen LogP contribution < -0.4 is 0 Å². The van der Waals surface area contributed by atoms with Gasteiger partial charge < -0.3 is 4.57 Å². The van der Waals surface area contributed by atoms with Gasteiger partial charge in [0, 0.05) is 13.0 Å². The summed E-state index contributed by atoms with van der Waals surface area (Å²) in [5.74, 6) is 1.20. The van der Waals surface area contributed by atoms with E-state index in [-0.39, 0.29) is 0 Å². The van der Waals surface area contributed by atoms with E-state index < -0.39 is 0 Å². The molecule has 1 heterocycles. The molecule has 1 aromatic carbocycles. The van der Waals surface area contributed by atoms with E-state index in [0.717, 1.165) is 18.5 Å². The topological polar surface area (TPSA) is 17.8 Å². The maximum absolute atomic E-state index is 4.69. The van der Waals surface area contributed by atoms with Crippen LogP contribution in [0.2, 0.25) is 0 Å². The molecule has 0 amide bonds. The van der Waals surface area contributed by atoms with Crippen molar-refractivity contribution in [3.05, 3.63) is 30.1 Å². The van der Waals surface area contributed by atoms with Gasteiger partial charge >= 0.3 is 0 Å². The summed E-state index contributed by atoms with van der Waals surface area (Å²) < 4.78 is 2.38. The summed E-state index contributed by atoms with van der Waals surface area (Å²) in [5.41, 5.74) is 2.77. The van der Waals surface area contributed by atoms with E-state index in [1.807, 2.05) is 0 Å². The van der Waals surface area contributed by atoms with Crippen LogP contribution in [0.4, 0.5) is 0 Å². The van der Waals surface area contributed by atoms with E-state index in [4.69, 9.17) is 4.98 Å². The largest absolute Gasteiger partial charge is 0.328 e. The lowest BCUT2D eigenvalue weighted by Gasteiger charge is -2.19. The molecule has 0 spiro atoms. The first-order valence-electron chi connectivity index (χ1n) is 6.45. The summed E-state index contributed by atoms with van der Waals surface area (Å²) >= 11 is 0. The van der Waals surface area contributed by atoms with Crippen LogP contribution in [0.15, 0.2) is 24.3 Å². The van der Waals surface area contributed by atoms with Crippen molar-refractivity contribution in [2.45, 2.75) is 47.1 Å². The molecule has 2 nitrogen and oxygen atoms in total. The Morgan fingerprint density at radius 3 is 2.53 bits per heavy atom. The van der Waals surface area contributed by atoms with E-state index >= 15 is 0 Å². The van der Waals surface area contributed by atoms with Gasteiger partial charge in [0.05, 0.1) is 11.0 Å². The number of benzene rings is 1. The smallest absolute Gasteiger partial charge is 0.109 e. The maximum atomic E-state index is 4.69. The fraction of sp³-hybridized carbons (Fsp3) is 0.533. The van der Waals surface area contributed by atoms with E-state index in [1.165, 1.54) is 17.8 Å². The summed E-state index contributed by atoms with van der Waals surface area (Å²) in [6, 6.07) is 8.42. The van der Waals surface area contributed by atoms with Gasteiger partial charge in [-0.3, -0.25) is 0 Å². The van der Waals surface area contributed by atoms with Gasteiger partial charge in [-0.1, -0.05) is 39.8 Å². The number of hydrogen-bond acceptors (Lipinski definition) is 1. The molecule has 0 aliphatic rings. The van der Waals surface area contributed by atoms with Crippen LogP contribution in [0.5, 0.6) is 0 Å². The van der Waals surface area contributed by atoms with Crippen LogP contribution in [0.1, 0.15) is 39.9 Å². The van der Waals surface area contributed by atoms with E-state index in [1.54, 1.807) is 0 Å². The predicted octanol–water partition coefficient (Wildman–Crippen LogP) is 4.03. The molecule has 0 bridgehead atoms. The SMILES string of the molecule is CCc1nc2ccccc2n1CCC(C)(C)C. The molecule has 0 aliphatic carbocycles. The van der Waals surface area contributed by atoms with Gasteiger partial charge in [-0.15, -0.1) is 0 Å². The molecule has 0 atom stereocenters. The zero-order valence-electron chi connectivity index (χ0n) is 11.3. The van der Waals surface area contributed by atoms with Crippen molar-refractivity contribution in [2.24, 2.45) is 5.41 Å². The third-order valence-electron chi connectivity index (χ3n) is 3.14. The third kappa shape index (κ3) is 2.68. The average molecular weight is 230 g/mol. The lowest BCUT2D eigenvalue weighted by atomic mass is 9.92. The molecular formula is C15H22N2. The summed E-state index contributed by atoms with van der Waals surface area (Å²) in [4.78, 5) is 4.69. The van der Waals surface area contributed by atoms with Crippen molar-refractivity contribution in [3.63, 3.8) is 0 Å². The van der Waals surface area contributed by atoms with E-state index in [0.29, 0.717) is 5.41 Å². The zero-order valence-corrected chi connectivity index (χ0v) is 11.3. The highest BCUT2D eigenvalue weighted by atomic mass is 15.1. The second-order valence-corrected chi connectivity index (χ2v) is 5.83. The normalized spacial score (nSPS) is 12.2. The lowest BCUT2D eigenvalue weighted by Crippen LogP contribution is -2.12. The molecule has 2 rings (SSSR count). The van der Waals surface area contributed by atoms with Gasteiger partial charge in [-0.05, 0) is 24.0 Å². The molecule has 1 aromatic heterocycles. The van der Waals surface area contributed by atoms with Crippen molar-refractivity contribution in [1.82, 2.24) is 9.55 Å². The molecule has 92 valence electrons. The third-order valence-corrected chi connectivity index (χ3v) is 3.14. The highest BCUT2D eigenvalue weighted by Gasteiger charge is 2.13. The first-order chi connectivity index (χ1) is 8.01. The van der Waals surface area contributed by atoms with Crippen molar-refractivity contribution in [1.29, 1.82) is 0 Å². The van der Waals surface area contributed by atoms with Crippen LogP contribution in [-0.2, 0) is 13.0 Å². The van der Waals surface area contributed by atoms with Crippen LogP contribution in [0.25, 0.3) is 11.0 Å². The maximum Gasteiger partial charge on any atom is 0.109 e. The Hall–Kier alpha value is -1.31. The molecule has 0 saturated carbocycles. The lowest BCUT2D eigenvalue weighted by molar-refractivity contribution is 0.350. The van der Waals surface area contributed by atoms with Gasteiger partial charge in [-0.25, -0.2) is 4.98 Å². The van der Waals surface area contributed by atoms with Crippen molar-refractivity contribution in [3.8, 4) is 0 Å². The Bertz CT molecular complexity index is 503. The van der Waals surface area contributed by atoms with Crippen LogP contribution in [-0.4, -0.2) is 9.55 Å². The molecule has 0 aliphatic heterocycles. The predicted molar refractivity (Wildman–Crippen MR) is 73.2 cm³/mol. The first-order valence-corrected chi connectivity index (χ1v) is 6.45. The van der Waals surface area contributed by atoms with Crippen molar-refractivity contribution < 1.29 is 0 Å². The number of nitrogens with zero attached hydrogens (tertiary/aromatic N) is 2. The van der Waals surface area contributed by atoms with Crippen LogP contribution >= 0.6 is 0 Å². The Morgan fingerprint density at radius 2 is 1.88 bits per heavy atom. The van der Waals surface area contributed by atoms with Crippen LogP contribution in [0, 0.1) is 5.41 Å². The van der Waals surface area contributed by atoms with Gasteiger partial charge in [-0.2, -0.15) is 0 Å². The monoisotopic (exact) mass is 230 g/mol. The molecular weight excluding hydrogens is 208 g/mol. The molecule has 0 N–H and O–H groups in total. The molecule has 17 heavy (non-hydrogen) atoms. The quantitative estimate of drug-likeness (QED) is 0.778. The van der Waals surface area contributed by atoms with Gasteiger partial charge in [0.25, 0.3) is 0 Å². The number of rotatable bonds is 3. The summed E-state index contributed by atoms with van der Waals surface area (Å²) in [6.45, 7) is 10.1. The minimum absolute atomic E-state index is 0.371. The fourth-order valence-electron chi connectivity index (χ4n) is 2.09. The molecule has 0 saturated heterocycles. The number of hydrogen-bond donors (Lipinski definition) is 0. The molecule has 2 heteroatoms. The fourth-order valence-corrected chi connectivity index (χ4v) is 2.09. The zero-order chi connectivity index (χ0) is 12.5. The Labute approximate surface area is 104 Å². The van der Waals surface area contributed by atoms with Gasteiger partial charge in [0.15, 0.2) is 0 Å². The molecule has 2 aromatic rings. The minimum atomic E-state index is 0.371. The number of aromatic nitrogens is 2. The summed E-state index contributed by atoms with van der Waals surface area (Å²) in [7, 11) is 0. The van der Waals surface area contributed by atoms with Crippen molar-refractivity contribution >= 4 is 11.0 Å². The standard InChI is InChI=1S/C15H22N2/c1-5-14-16-12-8-6-7-9-13(12)17(14)11-10-15(2,3)4/h6-9H,5,10-11H2,1-4H3. The van der Waals surface area contributed by atoms with E-state index in [9.17, 15) is 0 Å². The van der Waals surface area contributed by atoms with Gasteiger partial charge in [0.2, 0.25) is 0 Å². The Kier molecular flexibility index (Phi) is 3.23. The number of fused-ring (bicyclic) bond motifs is 1. The Balaban J connectivity index is 2.37. The Morgan fingerprint density at radius 1 is 1.18 bits per heavy atom. The van der Waals surface area contributed by atoms with Crippen molar-refractivity contribution in [2.75, 3.05) is 0 Å². The van der Waals surface area contributed by atoms with E-state index in [2.05, 4.69) is 56.5 Å². The summed E-state index contributed by atoms with van der Waals surface area (Å²) in [5, 5.41) is 0. The number of para-hydroxylation sites is 2. The molecule has 0 unspecified atom stereocenters. The number of imidazole rings is 1. The second-order valence-electron chi connectivity index (χ2n) is 5.83. The minimum Gasteiger partial charge on any atom is -0.328 e. The first kappa shape index (κ1) is 12.2. The second kappa shape index (κ2) is 4.52. The molecule has 0 fully saturated rings. The highest BCUT2D eigenvalue weighted by molar-refractivity contribution is 5.75. The average Bonchev–Trinajstić information content (AvgIpc) is 2.63.